The molecule has 0 bridgehead atoms. The minimum atomic E-state index is 0.124. The lowest BCUT2D eigenvalue weighted by atomic mass is 10.1. The van der Waals surface area contributed by atoms with Gasteiger partial charge in [0.05, 0.1) is 13.1 Å². The van der Waals surface area contributed by atoms with E-state index in [1.54, 1.807) is 11.3 Å². The second-order valence-electron chi connectivity index (χ2n) is 6.29. The average Bonchev–Trinajstić information content (AvgIpc) is 2.70. The van der Waals surface area contributed by atoms with Crippen LogP contribution in [0, 0.1) is 18.8 Å². The standard InChI is InChI=1S/C16H28N2OS/c1-12(2)9-18(10-13(3)4)11-16(19)17-8-15-14(5)6-7-20-15/h6-7,12-13H,8-11H2,1-5H3,(H,17,19). The van der Waals surface area contributed by atoms with Gasteiger partial charge in [-0.25, -0.2) is 0 Å². The summed E-state index contributed by atoms with van der Waals surface area (Å²) in [6.07, 6.45) is 0. The van der Waals surface area contributed by atoms with Gasteiger partial charge in [0.15, 0.2) is 0 Å². The SMILES string of the molecule is Cc1ccsc1CNC(=O)CN(CC(C)C)CC(C)C. The van der Waals surface area contributed by atoms with Crippen LogP contribution in [0.1, 0.15) is 38.1 Å². The van der Waals surface area contributed by atoms with Crippen LogP contribution in [0.3, 0.4) is 0 Å². The second kappa shape index (κ2) is 8.42. The van der Waals surface area contributed by atoms with E-state index in [1.807, 2.05) is 0 Å². The summed E-state index contributed by atoms with van der Waals surface area (Å²) in [6.45, 7) is 14.0. The number of hydrogen-bond donors (Lipinski definition) is 1. The molecule has 0 radical (unpaired) electrons. The van der Waals surface area contributed by atoms with E-state index in [-0.39, 0.29) is 5.91 Å². The third-order valence-electron chi connectivity index (χ3n) is 3.03. The van der Waals surface area contributed by atoms with Crippen LogP contribution in [0.15, 0.2) is 11.4 Å². The molecule has 0 fully saturated rings. The number of rotatable bonds is 8. The zero-order chi connectivity index (χ0) is 15.1. The number of carbonyl (C=O) groups is 1. The van der Waals surface area contributed by atoms with Crippen molar-refractivity contribution in [3.63, 3.8) is 0 Å². The van der Waals surface area contributed by atoms with Gasteiger partial charge in [0.2, 0.25) is 5.91 Å². The molecule has 0 spiro atoms. The van der Waals surface area contributed by atoms with Gasteiger partial charge in [-0.1, -0.05) is 27.7 Å². The second-order valence-corrected chi connectivity index (χ2v) is 7.29. The fourth-order valence-corrected chi connectivity index (χ4v) is 3.11. The van der Waals surface area contributed by atoms with E-state index in [2.05, 4.69) is 56.3 Å². The number of thiophene rings is 1. The highest BCUT2D eigenvalue weighted by atomic mass is 32.1. The molecule has 1 aromatic rings. The molecule has 0 aliphatic carbocycles. The van der Waals surface area contributed by atoms with Gasteiger partial charge in [0.25, 0.3) is 0 Å². The van der Waals surface area contributed by atoms with E-state index in [4.69, 9.17) is 0 Å². The van der Waals surface area contributed by atoms with Crippen LogP contribution in [-0.4, -0.2) is 30.4 Å². The topological polar surface area (TPSA) is 32.3 Å². The van der Waals surface area contributed by atoms with Crippen LogP contribution in [-0.2, 0) is 11.3 Å². The predicted octanol–water partition coefficient (Wildman–Crippen LogP) is 3.29. The Bertz CT molecular complexity index is 402. The van der Waals surface area contributed by atoms with Crippen molar-refractivity contribution >= 4 is 17.2 Å². The molecule has 1 rings (SSSR count). The zero-order valence-corrected chi connectivity index (χ0v) is 14.2. The third kappa shape index (κ3) is 6.53. The fourth-order valence-electron chi connectivity index (χ4n) is 2.26. The van der Waals surface area contributed by atoms with Gasteiger partial charge in [-0.15, -0.1) is 11.3 Å². The van der Waals surface area contributed by atoms with E-state index >= 15 is 0 Å². The summed E-state index contributed by atoms with van der Waals surface area (Å²) in [5.74, 6) is 1.29. The smallest absolute Gasteiger partial charge is 0.234 e. The molecule has 3 nitrogen and oxygen atoms in total. The third-order valence-corrected chi connectivity index (χ3v) is 4.05. The van der Waals surface area contributed by atoms with Crippen molar-refractivity contribution in [3.8, 4) is 0 Å². The van der Waals surface area contributed by atoms with Gasteiger partial charge in [-0.2, -0.15) is 0 Å². The quantitative estimate of drug-likeness (QED) is 0.798. The van der Waals surface area contributed by atoms with Gasteiger partial charge < -0.3 is 5.32 Å². The average molecular weight is 296 g/mol. The van der Waals surface area contributed by atoms with Crippen molar-refractivity contribution in [1.82, 2.24) is 10.2 Å². The van der Waals surface area contributed by atoms with Crippen LogP contribution in [0.4, 0.5) is 0 Å². The molecule has 0 aliphatic heterocycles. The molecule has 4 heteroatoms. The first kappa shape index (κ1) is 17.2. The van der Waals surface area contributed by atoms with Gasteiger partial charge in [0, 0.05) is 18.0 Å². The van der Waals surface area contributed by atoms with Crippen molar-refractivity contribution in [3.05, 3.63) is 21.9 Å². The molecule has 1 heterocycles. The highest BCUT2D eigenvalue weighted by Crippen LogP contribution is 2.14. The van der Waals surface area contributed by atoms with Crippen molar-refractivity contribution < 1.29 is 4.79 Å². The molecule has 0 aliphatic rings. The largest absolute Gasteiger partial charge is 0.350 e. The summed E-state index contributed by atoms with van der Waals surface area (Å²) in [5.41, 5.74) is 1.26. The van der Waals surface area contributed by atoms with Gasteiger partial charge in [-0.05, 0) is 35.8 Å². The van der Waals surface area contributed by atoms with Crippen molar-refractivity contribution in [2.75, 3.05) is 19.6 Å². The predicted molar refractivity (Wildman–Crippen MR) is 87.0 cm³/mol. The molecule has 1 N–H and O–H groups in total. The molecule has 0 saturated heterocycles. The Labute approximate surface area is 127 Å². The summed E-state index contributed by atoms with van der Waals surface area (Å²) in [5, 5.41) is 5.10. The molecule has 1 amide bonds. The lowest BCUT2D eigenvalue weighted by Gasteiger charge is -2.25. The van der Waals surface area contributed by atoms with Crippen LogP contribution in [0.25, 0.3) is 0 Å². The molecule has 0 atom stereocenters. The maximum absolute atomic E-state index is 12.1. The Kier molecular flexibility index (Phi) is 7.24. The van der Waals surface area contributed by atoms with Crippen molar-refractivity contribution in [1.29, 1.82) is 0 Å². The number of aryl methyl sites for hydroxylation is 1. The summed E-state index contributed by atoms with van der Waals surface area (Å²) < 4.78 is 0. The lowest BCUT2D eigenvalue weighted by Crippen LogP contribution is -2.40. The monoisotopic (exact) mass is 296 g/mol. The number of nitrogens with zero attached hydrogens (tertiary/aromatic N) is 1. The Morgan fingerprint density at radius 1 is 1.25 bits per heavy atom. The molecule has 0 aromatic carbocycles. The molecular formula is C16H28N2OS. The number of hydrogen-bond acceptors (Lipinski definition) is 3. The summed E-state index contributed by atoms with van der Waals surface area (Å²) in [4.78, 5) is 15.6. The number of nitrogens with one attached hydrogen (secondary N) is 1. The van der Waals surface area contributed by atoms with Crippen molar-refractivity contribution in [2.24, 2.45) is 11.8 Å². The summed E-state index contributed by atoms with van der Waals surface area (Å²) in [6, 6.07) is 2.09. The normalized spacial score (nSPS) is 11.6. The van der Waals surface area contributed by atoms with Gasteiger partial charge in [-0.3, -0.25) is 9.69 Å². The first-order valence-electron chi connectivity index (χ1n) is 7.40. The van der Waals surface area contributed by atoms with Crippen LogP contribution >= 0.6 is 11.3 Å². The molecular weight excluding hydrogens is 268 g/mol. The summed E-state index contributed by atoms with van der Waals surface area (Å²) in [7, 11) is 0. The van der Waals surface area contributed by atoms with Crippen LogP contribution in [0.2, 0.25) is 0 Å². The molecule has 114 valence electrons. The van der Waals surface area contributed by atoms with E-state index in [9.17, 15) is 4.79 Å². The van der Waals surface area contributed by atoms with E-state index in [0.29, 0.717) is 24.9 Å². The Balaban J connectivity index is 2.42. The van der Waals surface area contributed by atoms with Crippen molar-refractivity contribution in [2.45, 2.75) is 41.2 Å². The number of amides is 1. The van der Waals surface area contributed by atoms with Gasteiger partial charge in [0.1, 0.15) is 0 Å². The highest BCUT2D eigenvalue weighted by molar-refractivity contribution is 7.10. The van der Waals surface area contributed by atoms with Gasteiger partial charge >= 0.3 is 0 Å². The molecule has 20 heavy (non-hydrogen) atoms. The van der Waals surface area contributed by atoms with Crippen LogP contribution in [0.5, 0.6) is 0 Å². The summed E-state index contributed by atoms with van der Waals surface area (Å²) >= 11 is 1.70. The Morgan fingerprint density at radius 2 is 1.85 bits per heavy atom. The molecule has 0 unspecified atom stereocenters. The molecule has 1 aromatic heterocycles. The maximum Gasteiger partial charge on any atom is 0.234 e. The fraction of sp³-hybridized carbons (Fsp3) is 0.688. The molecule has 0 saturated carbocycles. The van der Waals surface area contributed by atoms with Crippen LogP contribution < -0.4 is 5.32 Å². The Morgan fingerprint density at radius 3 is 2.30 bits per heavy atom. The van der Waals surface area contributed by atoms with E-state index in [1.165, 1.54) is 10.4 Å². The minimum Gasteiger partial charge on any atom is -0.350 e. The maximum atomic E-state index is 12.1. The Hall–Kier alpha value is -0.870. The number of carbonyl (C=O) groups excluding carboxylic acids is 1. The highest BCUT2D eigenvalue weighted by Gasteiger charge is 2.13. The van der Waals surface area contributed by atoms with E-state index in [0.717, 1.165) is 13.1 Å². The lowest BCUT2D eigenvalue weighted by molar-refractivity contribution is -0.122. The first-order chi connectivity index (χ1) is 9.38. The van der Waals surface area contributed by atoms with E-state index < -0.39 is 0 Å². The minimum absolute atomic E-state index is 0.124. The zero-order valence-electron chi connectivity index (χ0n) is 13.4. The first-order valence-corrected chi connectivity index (χ1v) is 8.28.